The molecule has 1 aliphatic rings. The molecule has 3 rings (SSSR count). The van der Waals surface area contributed by atoms with E-state index >= 15 is 0 Å². The number of hydrogen-bond donors (Lipinski definition) is 0. The molecule has 2 aromatic carbocycles. The van der Waals surface area contributed by atoms with Crippen molar-refractivity contribution in [2.24, 2.45) is 0 Å². The maximum absolute atomic E-state index is 12.6. The molecule has 2 aromatic rings. The molecule has 0 saturated heterocycles. The summed E-state index contributed by atoms with van der Waals surface area (Å²) in [5.74, 6) is 1.64. The highest BCUT2D eigenvalue weighted by atomic mass is 32.2. The molecule has 0 aliphatic carbocycles. The molecule has 0 N–H and O–H groups in total. The number of carbonyl (C=O) groups excluding carboxylic acids is 1. The number of carbonyl (C=O) groups is 1. The number of hydrogen-bond acceptors (Lipinski definition) is 2. The standard InChI is InChI=1S/C19H21NOS/c1-14-7-3-4-9-17(14)12-22-13-19(21)20-15(2)11-16-8-5-6-10-18(16)20/h3-10,15H,11-13H2,1-2H3. The summed E-state index contributed by atoms with van der Waals surface area (Å²) in [7, 11) is 0. The summed E-state index contributed by atoms with van der Waals surface area (Å²) in [5, 5.41) is 0. The van der Waals surface area contributed by atoms with Crippen LogP contribution in [0.5, 0.6) is 0 Å². The van der Waals surface area contributed by atoms with Gasteiger partial charge in [-0.2, -0.15) is 0 Å². The van der Waals surface area contributed by atoms with Crippen molar-refractivity contribution in [1.29, 1.82) is 0 Å². The van der Waals surface area contributed by atoms with Crippen molar-refractivity contribution in [3.63, 3.8) is 0 Å². The molecule has 0 aromatic heterocycles. The molecule has 1 atom stereocenters. The highest BCUT2D eigenvalue weighted by molar-refractivity contribution is 7.99. The van der Waals surface area contributed by atoms with E-state index in [4.69, 9.17) is 0 Å². The van der Waals surface area contributed by atoms with Gasteiger partial charge in [0.15, 0.2) is 0 Å². The molecule has 0 bridgehead atoms. The number of para-hydroxylation sites is 1. The highest BCUT2D eigenvalue weighted by Gasteiger charge is 2.30. The predicted molar refractivity (Wildman–Crippen MR) is 94.4 cm³/mol. The second-order valence-electron chi connectivity index (χ2n) is 5.86. The van der Waals surface area contributed by atoms with Crippen LogP contribution in [0.2, 0.25) is 0 Å². The van der Waals surface area contributed by atoms with Gasteiger partial charge in [-0.3, -0.25) is 4.79 Å². The summed E-state index contributed by atoms with van der Waals surface area (Å²) in [4.78, 5) is 14.6. The van der Waals surface area contributed by atoms with Crippen LogP contribution < -0.4 is 4.90 Å². The SMILES string of the molecule is Cc1ccccc1CSCC(=O)N1c2ccccc2CC1C. The van der Waals surface area contributed by atoms with Gasteiger partial charge in [0.05, 0.1) is 5.75 Å². The first kappa shape index (κ1) is 15.2. The molecule has 1 amide bonds. The number of aryl methyl sites for hydroxylation is 1. The molecule has 1 aliphatic heterocycles. The average molecular weight is 311 g/mol. The minimum Gasteiger partial charge on any atom is -0.308 e. The van der Waals surface area contributed by atoms with Crippen LogP contribution in [0.1, 0.15) is 23.6 Å². The van der Waals surface area contributed by atoms with Crippen molar-refractivity contribution in [3.8, 4) is 0 Å². The number of fused-ring (bicyclic) bond motifs is 1. The summed E-state index contributed by atoms with van der Waals surface area (Å²) in [6, 6.07) is 16.9. The van der Waals surface area contributed by atoms with Gasteiger partial charge >= 0.3 is 0 Å². The van der Waals surface area contributed by atoms with Crippen LogP contribution in [0.4, 0.5) is 5.69 Å². The lowest BCUT2D eigenvalue weighted by molar-refractivity contribution is -0.116. The van der Waals surface area contributed by atoms with E-state index < -0.39 is 0 Å². The smallest absolute Gasteiger partial charge is 0.237 e. The Hall–Kier alpha value is -1.74. The molecule has 0 radical (unpaired) electrons. The van der Waals surface area contributed by atoms with Crippen LogP contribution in [0.3, 0.4) is 0 Å². The summed E-state index contributed by atoms with van der Waals surface area (Å²) in [5.41, 5.74) is 4.99. The minimum atomic E-state index is 0.219. The van der Waals surface area contributed by atoms with Crippen molar-refractivity contribution in [2.45, 2.75) is 32.1 Å². The number of nitrogens with zero attached hydrogens (tertiary/aromatic N) is 1. The van der Waals surface area contributed by atoms with Crippen molar-refractivity contribution < 1.29 is 4.79 Å². The van der Waals surface area contributed by atoms with E-state index in [9.17, 15) is 4.79 Å². The first-order chi connectivity index (χ1) is 10.7. The fourth-order valence-corrected chi connectivity index (χ4v) is 4.00. The van der Waals surface area contributed by atoms with Crippen LogP contribution in [0.15, 0.2) is 48.5 Å². The van der Waals surface area contributed by atoms with E-state index in [1.54, 1.807) is 11.8 Å². The van der Waals surface area contributed by atoms with Gasteiger partial charge in [0.2, 0.25) is 5.91 Å². The van der Waals surface area contributed by atoms with Crippen LogP contribution >= 0.6 is 11.8 Å². The van der Waals surface area contributed by atoms with Crippen LogP contribution in [0, 0.1) is 6.92 Å². The van der Waals surface area contributed by atoms with Crippen LogP contribution in [0.25, 0.3) is 0 Å². The number of benzene rings is 2. The maximum Gasteiger partial charge on any atom is 0.237 e. The average Bonchev–Trinajstić information content (AvgIpc) is 2.85. The molecule has 3 heteroatoms. The Morgan fingerprint density at radius 1 is 1.18 bits per heavy atom. The summed E-state index contributed by atoms with van der Waals surface area (Å²) < 4.78 is 0. The largest absolute Gasteiger partial charge is 0.308 e. The third-order valence-corrected chi connectivity index (χ3v) is 5.19. The van der Waals surface area contributed by atoms with Gasteiger partial charge in [0.1, 0.15) is 0 Å². The van der Waals surface area contributed by atoms with E-state index in [2.05, 4.69) is 50.2 Å². The quantitative estimate of drug-likeness (QED) is 0.843. The van der Waals surface area contributed by atoms with Crippen molar-refractivity contribution >= 4 is 23.4 Å². The Morgan fingerprint density at radius 2 is 1.91 bits per heavy atom. The number of rotatable bonds is 4. The van der Waals surface area contributed by atoms with Crippen molar-refractivity contribution in [2.75, 3.05) is 10.7 Å². The van der Waals surface area contributed by atoms with E-state index in [0.717, 1.165) is 17.9 Å². The minimum absolute atomic E-state index is 0.219. The molecule has 0 fully saturated rings. The Bertz CT molecular complexity index is 683. The molecule has 1 unspecified atom stereocenters. The lowest BCUT2D eigenvalue weighted by Crippen LogP contribution is -2.37. The fraction of sp³-hybridized carbons (Fsp3) is 0.316. The molecule has 1 heterocycles. The Balaban J connectivity index is 1.62. The summed E-state index contributed by atoms with van der Waals surface area (Å²) in [6.07, 6.45) is 0.963. The summed E-state index contributed by atoms with van der Waals surface area (Å²) in [6.45, 7) is 4.25. The van der Waals surface area contributed by atoms with Gasteiger partial charge < -0.3 is 4.90 Å². The zero-order valence-corrected chi connectivity index (χ0v) is 13.9. The monoisotopic (exact) mass is 311 g/mol. The normalized spacial score (nSPS) is 16.6. The molecular formula is C19H21NOS. The summed E-state index contributed by atoms with van der Waals surface area (Å²) >= 11 is 1.70. The fourth-order valence-electron chi connectivity index (χ4n) is 3.04. The molecule has 22 heavy (non-hydrogen) atoms. The molecular weight excluding hydrogens is 290 g/mol. The predicted octanol–water partition coefficient (Wildman–Crippen LogP) is 4.21. The Kier molecular flexibility index (Phi) is 4.53. The zero-order chi connectivity index (χ0) is 15.5. The zero-order valence-electron chi connectivity index (χ0n) is 13.1. The van der Waals surface area contributed by atoms with E-state index in [-0.39, 0.29) is 11.9 Å². The van der Waals surface area contributed by atoms with Crippen LogP contribution in [-0.4, -0.2) is 17.7 Å². The van der Waals surface area contributed by atoms with E-state index in [0.29, 0.717) is 5.75 Å². The third-order valence-electron chi connectivity index (χ3n) is 4.22. The number of thioether (sulfide) groups is 1. The topological polar surface area (TPSA) is 20.3 Å². The number of anilines is 1. The van der Waals surface area contributed by atoms with Gasteiger partial charge in [0.25, 0.3) is 0 Å². The molecule has 0 saturated carbocycles. The third kappa shape index (κ3) is 3.05. The van der Waals surface area contributed by atoms with Crippen molar-refractivity contribution in [1.82, 2.24) is 0 Å². The lowest BCUT2D eigenvalue weighted by Gasteiger charge is -2.22. The van der Waals surface area contributed by atoms with Crippen LogP contribution in [-0.2, 0) is 17.0 Å². The molecule has 0 spiro atoms. The lowest BCUT2D eigenvalue weighted by atomic mass is 10.1. The van der Waals surface area contributed by atoms with E-state index in [1.807, 2.05) is 17.0 Å². The van der Waals surface area contributed by atoms with Gasteiger partial charge in [-0.25, -0.2) is 0 Å². The van der Waals surface area contributed by atoms with Gasteiger partial charge in [-0.05, 0) is 43.0 Å². The van der Waals surface area contributed by atoms with Gasteiger partial charge in [0, 0.05) is 17.5 Å². The molecule has 114 valence electrons. The number of amides is 1. The second kappa shape index (κ2) is 6.57. The van der Waals surface area contributed by atoms with E-state index in [1.165, 1.54) is 16.7 Å². The Morgan fingerprint density at radius 3 is 2.73 bits per heavy atom. The van der Waals surface area contributed by atoms with Gasteiger partial charge in [-0.15, -0.1) is 11.8 Å². The highest BCUT2D eigenvalue weighted by Crippen LogP contribution is 2.32. The van der Waals surface area contributed by atoms with Crippen molar-refractivity contribution in [3.05, 3.63) is 65.2 Å². The molecule has 2 nitrogen and oxygen atoms in total. The maximum atomic E-state index is 12.6. The first-order valence-electron chi connectivity index (χ1n) is 7.69. The second-order valence-corrected chi connectivity index (χ2v) is 6.85. The van der Waals surface area contributed by atoms with Gasteiger partial charge in [-0.1, -0.05) is 42.5 Å². The first-order valence-corrected chi connectivity index (χ1v) is 8.84. The Labute approximate surface area is 136 Å².